The molecule has 4 heteroatoms. The molecule has 2 N–H and O–H groups in total. The molecule has 0 radical (unpaired) electrons. The third-order valence-corrected chi connectivity index (χ3v) is 3.54. The van der Waals surface area contributed by atoms with Gasteiger partial charge >= 0.3 is 0 Å². The van der Waals surface area contributed by atoms with Gasteiger partial charge in [0.15, 0.2) is 0 Å². The lowest BCUT2D eigenvalue weighted by Gasteiger charge is -2.30. The van der Waals surface area contributed by atoms with Crippen LogP contribution in [0.3, 0.4) is 0 Å². The molecule has 2 atom stereocenters. The third-order valence-electron chi connectivity index (χ3n) is 3.54. The zero-order valence-corrected chi connectivity index (χ0v) is 10.8. The zero-order chi connectivity index (χ0) is 13.1. The summed E-state index contributed by atoms with van der Waals surface area (Å²) in [5.74, 6) is -0.359. The number of rotatable bonds is 2. The van der Waals surface area contributed by atoms with Gasteiger partial charge in [0.2, 0.25) is 0 Å². The molecule has 1 aromatic rings. The van der Waals surface area contributed by atoms with E-state index < -0.39 is 5.82 Å². The van der Waals surface area contributed by atoms with E-state index >= 15 is 0 Å². The number of hydrogen-bond acceptors (Lipinski definition) is 2. The van der Waals surface area contributed by atoms with Gasteiger partial charge in [0.05, 0.1) is 5.56 Å². The van der Waals surface area contributed by atoms with Crippen molar-refractivity contribution in [3.63, 3.8) is 0 Å². The molecule has 0 bridgehead atoms. The number of piperidine rings is 1. The van der Waals surface area contributed by atoms with Crippen molar-refractivity contribution >= 4 is 5.91 Å². The summed E-state index contributed by atoms with van der Waals surface area (Å²) in [6.45, 7) is 5.54. The summed E-state index contributed by atoms with van der Waals surface area (Å²) < 4.78 is 13.8. The highest BCUT2D eigenvalue weighted by molar-refractivity contribution is 5.94. The molecule has 1 amide bonds. The standard InChI is InChI=1S/C14H19FN2O/c1-9-4-3-5-11(13(9)15)14(18)17-12-6-7-16-8-10(12)2/h3-5,10,12,16H,6-8H2,1-2H3,(H,17,18). The molecule has 3 nitrogen and oxygen atoms in total. The van der Waals surface area contributed by atoms with E-state index in [9.17, 15) is 9.18 Å². The summed E-state index contributed by atoms with van der Waals surface area (Å²) in [6.07, 6.45) is 0.889. The molecule has 1 aliphatic heterocycles. The molecular weight excluding hydrogens is 231 g/mol. The van der Waals surface area contributed by atoms with Gasteiger partial charge in [0, 0.05) is 6.04 Å². The van der Waals surface area contributed by atoms with Crippen LogP contribution in [0.2, 0.25) is 0 Å². The largest absolute Gasteiger partial charge is 0.349 e. The van der Waals surface area contributed by atoms with Crippen LogP contribution >= 0.6 is 0 Å². The van der Waals surface area contributed by atoms with Crippen molar-refractivity contribution in [3.05, 3.63) is 35.1 Å². The highest BCUT2D eigenvalue weighted by Gasteiger charge is 2.24. The van der Waals surface area contributed by atoms with E-state index in [4.69, 9.17) is 0 Å². The number of aryl methyl sites for hydroxylation is 1. The molecule has 1 aliphatic rings. The maximum Gasteiger partial charge on any atom is 0.254 e. The van der Waals surface area contributed by atoms with E-state index in [0.717, 1.165) is 19.5 Å². The van der Waals surface area contributed by atoms with Crippen LogP contribution in [0.5, 0.6) is 0 Å². The topological polar surface area (TPSA) is 41.1 Å². The van der Waals surface area contributed by atoms with Crippen molar-refractivity contribution in [2.24, 2.45) is 5.92 Å². The Morgan fingerprint density at radius 1 is 1.50 bits per heavy atom. The van der Waals surface area contributed by atoms with Gasteiger partial charge in [-0.15, -0.1) is 0 Å². The number of carbonyl (C=O) groups is 1. The summed E-state index contributed by atoms with van der Waals surface area (Å²) in [6, 6.07) is 5.03. The Balaban J connectivity index is 2.09. The second-order valence-corrected chi connectivity index (χ2v) is 4.99. The predicted octanol–water partition coefficient (Wildman–Crippen LogP) is 1.86. The predicted molar refractivity (Wildman–Crippen MR) is 69.0 cm³/mol. The Hall–Kier alpha value is -1.42. The summed E-state index contributed by atoms with van der Waals surface area (Å²) >= 11 is 0. The van der Waals surface area contributed by atoms with Gasteiger partial charge in [-0.2, -0.15) is 0 Å². The van der Waals surface area contributed by atoms with E-state index in [1.165, 1.54) is 6.07 Å². The second kappa shape index (κ2) is 5.48. The van der Waals surface area contributed by atoms with Gasteiger partial charge in [-0.3, -0.25) is 4.79 Å². The first-order valence-corrected chi connectivity index (χ1v) is 6.36. The van der Waals surface area contributed by atoms with Crippen LogP contribution in [0.25, 0.3) is 0 Å². The third kappa shape index (κ3) is 2.70. The number of benzene rings is 1. The van der Waals surface area contributed by atoms with Crippen LogP contribution < -0.4 is 10.6 Å². The highest BCUT2D eigenvalue weighted by Crippen LogP contribution is 2.15. The molecule has 1 fully saturated rings. The molecule has 1 heterocycles. The molecular formula is C14H19FN2O. The average molecular weight is 250 g/mol. The fourth-order valence-electron chi connectivity index (χ4n) is 2.30. The van der Waals surface area contributed by atoms with Crippen molar-refractivity contribution in [1.29, 1.82) is 0 Å². The minimum atomic E-state index is -0.420. The van der Waals surface area contributed by atoms with Crippen LogP contribution in [0, 0.1) is 18.7 Å². The Labute approximate surface area is 107 Å². The lowest BCUT2D eigenvalue weighted by molar-refractivity contribution is 0.0910. The normalized spacial score (nSPS) is 23.7. The van der Waals surface area contributed by atoms with Crippen LogP contribution in [-0.2, 0) is 0 Å². The Morgan fingerprint density at radius 3 is 3.00 bits per heavy atom. The summed E-state index contributed by atoms with van der Waals surface area (Å²) in [4.78, 5) is 12.1. The van der Waals surface area contributed by atoms with Crippen LogP contribution in [0.4, 0.5) is 4.39 Å². The number of amides is 1. The van der Waals surface area contributed by atoms with Crippen LogP contribution in [0.15, 0.2) is 18.2 Å². The molecule has 0 saturated carbocycles. The first-order valence-electron chi connectivity index (χ1n) is 6.36. The quantitative estimate of drug-likeness (QED) is 0.841. The van der Waals surface area contributed by atoms with Crippen molar-refractivity contribution in [2.45, 2.75) is 26.3 Å². The molecule has 0 spiro atoms. The molecule has 1 aromatic carbocycles. The van der Waals surface area contributed by atoms with E-state index in [0.29, 0.717) is 11.5 Å². The van der Waals surface area contributed by atoms with E-state index in [1.54, 1.807) is 19.1 Å². The smallest absolute Gasteiger partial charge is 0.254 e. The van der Waals surface area contributed by atoms with Crippen molar-refractivity contribution in [2.75, 3.05) is 13.1 Å². The van der Waals surface area contributed by atoms with E-state index in [1.807, 2.05) is 0 Å². The molecule has 0 aromatic heterocycles. The van der Waals surface area contributed by atoms with Gasteiger partial charge in [0.1, 0.15) is 5.82 Å². The Kier molecular flexibility index (Phi) is 3.97. The fraction of sp³-hybridized carbons (Fsp3) is 0.500. The van der Waals surface area contributed by atoms with Gasteiger partial charge in [-0.25, -0.2) is 4.39 Å². The fourth-order valence-corrected chi connectivity index (χ4v) is 2.30. The molecule has 2 unspecified atom stereocenters. The SMILES string of the molecule is Cc1cccc(C(=O)NC2CCNCC2C)c1F. The molecule has 18 heavy (non-hydrogen) atoms. The van der Waals surface area contributed by atoms with E-state index in [-0.39, 0.29) is 17.5 Å². The van der Waals surface area contributed by atoms with Crippen molar-refractivity contribution in [3.8, 4) is 0 Å². The Morgan fingerprint density at radius 2 is 2.28 bits per heavy atom. The van der Waals surface area contributed by atoms with E-state index in [2.05, 4.69) is 17.6 Å². The zero-order valence-electron chi connectivity index (χ0n) is 10.8. The summed E-state index contributed by atoms with van der Waals surface area (Å²) in [7, 11) is 0. The molecule has 0 aliphatic carbocycles. The van der Waals surface area contributed by atoms with Crippen molar-refractivity contribution in [1.82, 2.24) is 10.6 Å². The second-order valence-electron chi connectivity index (χ2n) is 4.99. The highest BCUT2D eigenvalue weighted by atomic mass is 19.1. The van der Waals surface area contributed by atoms with Crippen LogP contribution in [-0.4, -0.2) is 25.0 Å². The minimum Gasteiger partial charge on any atom is -0.349 e. The number of halogens is 1. The van der Waals surface area contributed by atoms with Gasteiger partial charge in [-0.1, -0.05) is 19.1 Å². The maximum absolute atomic E-state index is 13.8. The lowest BCUT2D eigenvalue weighted by Crippen LogP contribution is -2.48. The van der Waals surface area contributed by atoms with Gasteiger partial charge in [0.25, 0.3) is 5.91 Å². The van der Waals surface area contributed by atoms with Crippen LogP contribution in [0.1, 0.15) is 29.3 Å². The number of hydrogen-bond donors (Lipinski definition) is 2. The monoisotopic (exact) mass is 250 g/mol. The lowest BCUT2D eigenvalue weighted by atomic mass is 9.95. The van der Waals surface area contributed by atoms with Gasteiger partial charge in [-0.05, 0) is 44.0 Å². The average Bonchev–Trinajstić information content (AvgIpc) is 2.35. The van der Waals surface area contributed by atoms with Crippen molar-refractivity contribution < 1.29 is 9.18 Å². The summed E-state index contributed by atoms with van der Waals surface area (Å²) in [5.41, 5.74) is 0.641. The first kappa shape index (κ1) is 13.0. The summed E-state index contributed by atoms with van der Waals surface area (Å²) in [5, 5.41) is 6.21. The molecule has 2 rings (SSSR count). The maximum atomic E-state index is 13.8. The number of nitrogens with one attached hydrogen (secondary N) is 2. The minimum absolute atomic E-state index is 0.124. The first-order chi connectivity index (χ1) is 8.59. The van der Waals surface area contributed by atoms with Gasteiger partial charge < -0.3 is 10.6 Å². The number of carbonyl (C=O) groups excluding carboxylic acids is 1. The molecule has 1 saturated heterocycles. The molecule has 98 valence electrons. The Bertz CT molecular complexity index is 447.